The zero-order valence-electron chi connectivity index (χ0n) is 15.3. The molecule has 0 bridgehead atoms. The van der Waals surface area contributed by atoms with Crippen molar-refractivity contribution in [3.63, 3.8) is 0 Å². The van der Waals surface area contributed by atoms with Crippen LogP contribution in [0.4, 0.5) is 0 Å². The molecule has 23 heavy (non-hydrogen) atoms. The summed E-state index contributed by atoms with van der Waals surface area (Å²) in [6, 6.07) is 0. The van der Waals surface area contributed by atoms with Crippen molar-refractivity contribution in [3.05, 3.63) is 16.8 Å². The molecule has 0 aliphatic carbocycles. The van der Waals surface area contributed by atoms with Crippen molar-refractivity contribution in [2.75, 3.05) is 6.61 Å². The van der Waals surface area contributed by atoms with Crippen LogP contribution in [0.5, 0.6) is 0 Å². The van der Waals surface area contributed by atoms with Crippen molar-refractivity contribution in [3.8, 4) is 0 Å². The number of rotatable bonds is 5. The number of carbonyl (C=O) groups is 1. The van der Waals surface area contributed by atoms with E-state index in [1.165, 1.54) is 0 Å². The molecule has 0 spiro atoms. The fourth-order valence-electron chi connectivity index (χ4n) is 2.93. The van der Waals surface area contributed by atoms with Gasteiger partial charge in [-0.1, -0.05) is 13.8 Å². The fourth-order valence-corrected chi connectivity index (χ4v) is 2.93. The Morgan fingerprint density at radius 2 is 1.57 bits per heavy atom. The van der Waals surface area contributed by atoms with Gasteiger partial charge in [-0.15, -0.1) is 0 Å². The highest BCUT2D eigenvalue weighted by Crippen LogP contribution is 2.37. The second kappa shape index (κ2) is 6.32. The van der Waals surface area contributed by atoms with Gasteiger partial charge >= 0.3 is 13.1 Å². The Morgan fingerprint density at radius 3 is 2.00 bits per heavy atom. The van der Waals surface area contributed by atoms with Gasteiger partial charge in [0.1, 0.15) is 5.69 Å². The number of hydrogen-bond acceptors (Lipinski definition) is 4. The molecule has 1 aliphatic rings. The molecule has 128 valence electrons. The predicted octanol–water partition coefficient (Wildman–Crippen LogP) is 2.62. The Labute approximate surface area is 139 Å². The molecular formula is C17H28BNO4. The maximum Gasteiger partial charge on any atom is 0.512 e. The average Bonchev–Trinajstić information content (AvgIpc) is 2.93. The van der Waals surface area contributed by atoms with Crippen LogP contribution in [-0.2, 0) is 26.9 Å². The molecule has 0 amide bonds. The van der Waals surface area contributed by atoms with Gasteiger partial charge in [0.15, 0.2) is 0 Å². The zero-order valence-corrected chi connectivity index (χ0v) is 15.3. The summed E-state index contributed by atoms with van der Waals surface area (Å²) >= 11 is 0. The molecule has 6 heteroatoms. The van der Waals surface area contributed by atoms with Gasteiger partial charge in [0.25, 0.3) is 0 Å². The predicted molar refractivity (Wildman–Crippen MR) is 91.2 cm³/mol. The molecule has 0 unspecified atom stereocenters. The highest BCUT2D eigenvalue weighted by Gasteiger charge is 2.53. The minimum absolute atomic E-state index is 0.318. The number of nitrogens with one attached hydrogen (secondary N) is 1. The van der Waals surface area contributed by atoms with E-state index in [1.54, 1.807) is 0 Å². The van der Waals surface area contributed by atoms with Crippen LogP contribution >= 0.6 is 0 Å². The van der Waals surface area contributed by atoms with Gasteiger partial charge in [-0.25, -0.2) is 4.79 Å². The van der Waals surface area contributed by atoms with E-state index in [4.69, 9.17) is 14.0 Å². The topological polar surface area (TPSA) is 60.6 Å². The first kappa shape index (κ1) is 18.1. The van der Waals surface area contributed by atoms with E-state index in [-0.39, 0.29) is 5.97 Å². The summed E-state index contributed by atoms with van der Waals surface area (Å²) in [5.74, 6) is -0.318. The van der Waals surface area contributed by atoms with Gasteiger partial charge in [0, 0.05) is 5.59 Å². The van der Waals surface area contributed by atoms with E-state index in [2.05, 4.69) is 11.9 Å². The SMILES string of the molecule is CCOC(=O)c1[nH]c(B2OC(C)(C)C(C)(C)O2)c(CC)c1CC. The van der Waals surface area contributed by atoms with Crippen molar-refractivity contribution in [1.29, 1.82) is 0 Å². The van der Waals surface area contributed by atoms with E-state index < -0.39 is 18.3 Å². The number of aromatic amines is 1. The fraction of sp³-hybridized carbons (Fsp3) is 0.706. The van der Waals surface area contributed by atoms with E-state index in [0.717, 1.165) is 29.6 Å². The Kier molecular flexibility index (Phi) is 4.97. The molecule has 0 radical (unpaired) electrons. The summed E-state index contributed by atoms with van der Waals surface area (Å²) in [6.07, 6.45) is 1.56. The number of ether oxygens (including phenoxy) is 1. The summed E-state index contributed by atoms with van der Waals surface area (Å²) in [5.41, 5.74) is 2.63. The van der Waals surface area contributed by atoms with Crippen LogP contribution in [-0.4, -0.2) is 35.9 Å². The molecule has 2 rings (SSSR count). The van der Waals surface area contributed by atoms with E-state index >= 15 is 0 Å². The smallest absolute Gasteiger partial charge is 0.461 e. The van der Waals surface area contributed by atoms with Crippen LogP contribution in [0.1, 0.15) is 70.1 Å². The Bertz CT molecular complexity index is 576. The summed E-state index contributed by atoms with van der Waals surface area (Å²) in [7, 11) is -0.497. The van der Waals surface area contributed by atoms with Crippen molar-refractivity contribution >= 4 is 18.7 Å². The lowest BCUT2D eigenvalue weighted by Gasteiger charge is -2.32. The van der Waals surface area contributed by atoms with Crippen molar-refractivity contribution in [1.82, 2.24) is 4.98 Å². The van der Waals surface area contributed by atoms with E-state index in [0.29, 0.717) is 12.3 Å². The highest BCUT2D eigenvalue weighted by molar-refractivity contribution is 6.62. The second-order valence-electron chi connectivity index (χ2n) is 6.89. The molecule has 1 aromatic heterocycles. The van der Waals surface area contributed by atoms with Crippen molar-refractivity contribution in [2.45, 2.75) is 72.5 Å². The van der Waals surface area contributed by atoms with Gasteiger partial charge in [-0.05, 0) is 58.6 Å². The average molecular weight is 321 g/mol. The van der Waals surface area contributed by atoms with Crippen LogP contribution in [0, 0.1) is 0 Å². The van der Waals surface area contributed by atoms with Gasteiger partial charge < -0.3 is 19.0 Å². The first-order valence-corrected chi connectivity index (χ1v) is 8.44. The van der Waals surface area contributed by atoms with Gasteiger partial charge in [0.05, 0.1) is 17.8 Å². The number of H-pyrrole nitrogens is 1. The second-order valence-corrected chi connectivity index (χ2v) is 6.89. The summed E-state index contributed by atoms with van der Waals surface area (Å²) in [5, 5.41) is 0. The third-order valence-electron chi connectivity index (χ3n) is 4.93. The lowest BCUT2D eigenvalue weighted by atomic mass is 9.80. The van der Waals surface area contributed by atoms with Crippen LogP contribution in [0.2, 0.25) is 0 Å². The van der Waals surface area contributed by atoms with Gasteiger partial charge in [-0.2, -0.15) is 0 Å². The third kappa shape index (κ3) is 3.06. The molecule has 1 fully saturated rings. The quantitative estimate of drug-likeness (QED) is 0.669. The molecule has 1 aromatic rings. The largest absolute Gasteiger partial charge is 0.512 e. The molecule has 0 aromatic carbocycles. The molecule has 2 heterocycles. The standard InChI is InChI=1S/C17H28BNO4/c1-8-11-12(9-2)14(19-13(11)15(20)21-10-3)18-22-16(4,5)17(6,7)23-18/h19H,8-10H2,1-7H3. The molecule has 1 saturated heterocycles. The number of carbonyl (C=O) groups excluding carboxylic acids is 1. The molecule has 0 saturated carbocycles. The van der Waals surface area contributed by atoms with Crippen LogP contribution in [0.15, 0.2) is 0 Å². The summed E-state index contributed by atoms with van der Waals surface area (Å²) in [4.78, 5) is 15.5. The van der Waals surface area contributed by atoms with Crippen LogP contribution in [0.3, 0.4) is 0 Å². The van der Waals surface area contributed by atoms with E-state index in [1.807, 2.05) is 41.5 Å². The summed E-state index contributed by atoms with van der Waals surface area (Å²) in [6.45, 7) is 14.4. The minimum atomic E-state index is -0.497. The number of esters is 1. The zero-order chi connectivity index (χ0) is 17.4. The molecule has 1 N–H and O–H groups in total. The first-order chi connectivity index (χ1) is 10.7. The lowest BCUT2D eigenvalue weighted by molar-refractivity contribution is 0.00578. The minimum Gasteiger partial charge on any atom is -0.461 e. The summed E-state index contributed by atoms with van der Waals surface area (Å²) < 4.78 is 17.5. The van der Waals surface area contributed by atoms with E-state index in [9.17, 15) is 4.79 Å². The number of hydrogen-bond donors (Lipinski definition) is 1. The number of aromatic nitrogens is 1. The molecule has 1 aliphatic heterocycles. The van der Waals surface area contributed by atoms with Crippen molar-refractivity contribution < 1.29 is 18.8 Å². The van der Waals surface area contributed by atoms with Crippen LogP contribution < -0.4 is 5.59 Å². The Hall–Kier alpha value is -1.27. The monoisotopic (exact) mass is 321 g/mol. The molecule has 0 atom stereocenters. The van der Waals surface area contributed by atoms with Crippen molar-refractivity contribution in [2.24, 2.45) is 0 Å². The molecular weight excluding hydrogens is 293 g/mol. The lowest BCUT2D eigenvalue weighted by Crippen LogP contribution is -2.41. The third-order valence-corrected chi connectivity index (χ3v) is 4.93. The maximum absolute atomic E-state index is 12.2. The first-order valence-electron chi connectivity index (χ1n) is 8.44. The highest BCUT2D eigenvalue weighted by atomic mass is 16.7. The molecule has 5 nitrogen and oxygen atoms in total. The maximum atomic E-state index is 12.2. The Balaban J connectivity index is 2.46. The normalized spacial score (nSPS) is 19.2. The van der Waals surface area contributed by atoms with Crippen LogP contribution in [0.25, 0.3) is 0 Å². The Morgan fingerprint density at radius 1 is 1.04 bits per heavy atom. The van der Waals surface area contributed by atoms with Gasteiger partial charge in [0.2, 0.25) is 0 Å². The van der Waals surface area contributed by atoms with Gasteiger partial charge in [-0.3, -0.25) is 0 Å².